The number of carbonyl (C=O) groups is 2. The van der Waals surface area contributed by atoms with Gasteiger partial charge < -0.3 is 4.90 Å². The van der Waals surface area contributed by atoms with Gasteiger partial charge in [0.15, 0.2) is 6.19 Å². The maximum absolute atomic E-state index is 14.4. The predicted octanol–water partition coefficient (Wildman–Crippen LogP) is 5.29. The molecule has 2 fully saturated rings. The molecule has 11 heteroatoms. The molecule has 1 aliphatic carbocycles. The third-order valence-electron chi connectivity index (χ3n) is 8.31. The summed E-state index contributed by atoms with van der Waals surface area (Å²) in [6.07, 6.45) is 3.43. The van der Waals surface area contributed by atoms with Crippen LogP contribution in [0.5, 0.6) is 0 Å². The van der Waals surface area contributed by atoms with E-state index in [1.54, 1.807) is 43.1 Å². The van der Waals surface area contributed by atoms with Gasteiger partial charge in [-0.3, -0.25) is 14.9 Å². The highest BCUT2D eigenvalue weighted by Crippen LogP contribution is 2.52. The molecule has 2 amide bonds. The van der Waals surface area contributed by atoms with Crippen LogP contribution >= 0.6 is 23.2 Å². The molecule has 1 aliphatic heterocycles. The lowest BCUT2D eigenvalue weighted by atomic mass is 9.67. The summed E-state index contributed by atoms with van der Waals surface area (Å²) in [6.45, 7) is 5.40. The van der Waals surface area contributed by atoms with Gasteiger partial charge >= 0.3 is 0 Å². The SMILES string of the molecule is CC[C@@H](CNS(=O)(=O)C1(C)CC1)N1C(=O)[C@@](C)(CC(=O)NC#N)C[C@H](c2cccc(Cl)c2)[C@H]1c1ccc(Cl)cc1. The van der Waals surface area contributed by atoms with E-state index in [0.717, 1.165) is 11.1 Å². The van der Waals surface area contributed by atoms with Gasteiger partial charge in [0, 0.05) is 35.0 Å². The molecular formula is C29H34Cl2N4O4S. The van der Waals surface area contributed by atoms with E-state index in [0.29, 0.717) is 35.7 Å². The second-order valence-electron chi connectivity index (χ2n) is 11.3. The number of piperidine rings is 1. The number of hydrogen-bond acceptors (Lipinski definition) is 5. The lowest BCUT2D eigenvalue weighted by Crippen LogP contribution is -2.58. The number of halogens is 2. The first kappa shape index (κ1) is 30.3. The highest BCUT2D eigenvalue weighted by Gasteiger charge is 2.53. The molecule has 1 heterocycles. The number of hydrogen-bond donors (Lipinski definition) is 2. The first-order chi connectivity index (χ1) is 18.8. The summed E-state index contributed by atoms with van der Waals surface area (Å²) in [6, 6.07) is 13.7. The third kappa shape index (κ3) is 6.15. The van der Waals surface area contributed by atoms with Crippen molar-refractivity contribution >= 4 is 45.0 Å². The van der Waals surface area contributed by atoms with Crippen LogP contribution in [-0.4, -0.2) is 42.5 Å². The van der Waals surface area contributed by atoms with Gasteiger partial charge in [0.2, 0.25) is 21.8 Å². The van der Waals surface area contributed by atoms with Crippen LogP contribution in [0.4, 0.5) is 0 Å². The minimum atomic E-state index is -3.59. The highest BCUT2D eigenvalue weighted by molar-refractivity contribution is 7.91. The van der Waals surface area contributed by atoms with E-state index in [1.807, 2.05) is 37.3 Å². The molecule has 1 saturated heterocycles. The van der Waals surface area contributed by atoms with Gasteiger partial charge in [-0.05, 0) is 68.0 Å². The van der Waals surface area contributed by atoms with Crippen molar-refractivity contribution in [2.75, 3.05) is 6.54 Å². The number of carbonyl (C=O) groups excluding carboxylic acids is 2. The van der Waals surface area contributed by atoms with Crippen LogP contribution in [0.15, 0.2) is 48.5 Å². The number of benzene rings is 2. The fourth-order valence-electron chi connectivity index (χ4n) is 5.67. The van der Waals surface area contributed by atoms with E-state index in [4.69, 9.17) is 28.5 Å². The summed E-state index contributed by atoms with van der Waals surface area (Å²) in [5, 5.41) is 12.3. The van der Waals surface area contributed by atoms with Gasteiger partial charge in [0.25, 0.3) is 0 Å². The van der Waals surface area contributed by atoms with Gasteiger partial charge in [0.05, 0.1) is 16.2 Å². The minimum Gasteiger partial charge on any atom is -0.330 e. The fraction of sp³-hybridized carbons (Fsp3) is 0.483. The normalized spacial score (nSPS) is 24.7. The molecule has 2 aromatic carbocycles. The lowest BCUT2D eigenvalue weighted by Gasteiger charge is -2.52. The van der Waals surface area contributed by atoms with Crippen molar-refractivity contribution in [2.45, 2.75) is 75.6 Å². The van der Waals surface area contributed by atoms with Gasteiger partial charge in [-0.25, -0.2) is 13.1 Å². The summed E-state index contributed by atoms with van der Waals surface area (Å²) in [5.74, 6) is -1.12. The van der Waals surface area contributed by atoms with Gasteiger partial charge in [-0.15, -0.1) is 0 Å². The molecule has 2 aliphatic rings. The smallest absolute Gasteiger partial charge is 0.234 e. The Kier molecular flexibility index (Phi) is 8.86. The van der Waals surface area contributed by atoms with Crippen molar-refractivity contribution in [2.24, 2.45) is 5.41 Å². The first-order valence-electron chi connectivity index (χ1n) is 13.3. The van der Waals surface area contributed by atoms with E-state index in [-0.39, 0.29) is 24.8 Å². The Labute approximate surface area is 246 Å². The Morgan fingerprint density at radius 2 is 1.80 bits per heavy atom. The molecule has 4 atom stereocenters. The van der Waals surface area contributed by atoms with Crippen molar-refractivity contribution in [3.63, 3.8) is 0 Å². The molecule has 2 aromatic rings. The van der Waals surface area contributed by atoms with Gasteiger partial charge in [-0.2, -0.15) is 5.26 Å². The van der Waals surface area contributed by atoms with Crippen LogP contribution in [0.3, 0.4) is 0 Å². The van der Waals surface area contributed by atoms with Crippen LogP contribution in [-0.2, 0) is 19.6 Å². The maximum Gasteiger partial charge on any atom is 0.234 e. The van der Waals surface area contributed by atoms with Crippen LogP contribution in [0.1, 0.15) is 76.0 Å². The van der Waals surface area contributed by atoms with Gasteiger partial charge in [-0.1, -0.05) is 61.3 Å². The first-order valence-corrected chi connectivity index (χ1v) is 15.6. The van der Waals surface area contributed by atoms with E-state index in [1.165, 1.54) is 0 Å². The summed E-state index contributed by atoms with van der Waals surface area (Å²) in [7, 11) is -3.59. The summed E-state index contributed by atoms with van der Waals surface area (Å²) in [4.78, 5) is 28.8. The monoisotopic (exact) mass is 604 g/mol. The van der Waals surface area contributed by atoms with Crippen LogP contribution in [0.2, 0.25) is 10.0 Å². The number of sulfonamides is 1. The zero-order chi connectivity index (χ0) is 29.3. The molecule has 0 bridgehead atoms. The largest absolute Gasteiger partial charge is 0.330 e. The van der Waals surface area contributed by atoms with Crippen LogP contribution in [0.25, 0.3) is 0 Å². The molecule has 8 nitrogen and oxygen atoms in total. The average Bonchev–Trinajstić information content (AvgIpc) is 3.66. The third-order valence-corrected chi connectivity index (χ3v) is 11.1. The molecule has 0 unspecified atom stereocenters. The predicted molar refractivity (Wildman–Crippen MR) is 155 cm³/mol. The molecular weight excluding hydrogens is 571 g/mol. The second-order valence-corrected chi connectivity index (χ2v) is 14.5. The number of nitrogens with zero attached hydrogens (tertiary/aromatic N) is 2. The van der Waals surface area contributed by atoms with Crippen molar-refractivity contribution in [3.8, 4) is 6.19 Å². The molecule has 214 valence electrons. The minimum absolute atomic E-state index is 0.0347. The number of amides is 2. The molecule has 2 N–H and O–H groups in total. The van der Waals surface area contributed by atoms with Crippen molar-refractivity contribution in [1.82, 2.24) is 14.9 Å². The second kappa shape index (κ2) is 11.7. The number of nitrogens with one attached hydrogen (secondary N) is 2. The topological polar surface area (TPSA) is 119 Å². The molecule has 0 spiro atoms. The molecule has 1 saturated carbocycles. The van der Waals surface area contributed by atoms with E-state index < -0.39 is 38.2 Å². The van der Waals surface area contributed by atoms with Crippen molar-refractivity contribution in [3.05, 3.63) is 69.7 Å². The Hall–Kier alpha value is -2.64. The molecule has 40 heavy (non-hydrogen) atoms. The Balaban J connectivity index is 1.83. The maximum atomic E-state index is 14.4. The number of nitriles is 1. The highest BCUT2D eigenvalue weighted by atomic mass is 35.5. The zero-order valence-corrected chi connectivity index (χ0v) is 25.1. The van der Waals surface area contributed by atoms with E-state index in [2.05, 4.69) is 10.0 Å². The Morgan fingerprint density at radius 3 is 2.38 bits per heavy atom. The standard InChI is InChI=1S/C29H34Cl2N4O4S/c1-4-23(17-34-40(38,39)29(3)12-13-29)35-26(19-8-10-21(30)11-9-19)24(20-6-5-7-22(31)14-20)15-28(2,27(35)37)16-25(36)33-18-32/h5-11,14,23-24,26,34H,4,12-13,15-17H2,1-3H3,(H,33,36)/t23-,24+,26+,28+/m0/s1. The number of likely N-dealkylation sites (tertiary alicyclic amines) is 1. The lowest BCUT2D eigenvalue weighted by molar-refractivity contribution is -0.157. The van der Waals surface area contributed by atoms with E-state index in [9.17, 15) is 18.0 Å². The summed E-state index contributed by atoms with van der Waals surface area (Å²) in [5.41, 5.74) is 0.561. The van der Waals surface area contributed by atoms with Crippen molar-refractivity contribution in [1.29, 1.82) is 5.26 Å². The van der Waals surface area contributed by atoms with E-state index >= 15 is 0 Å². The summed E-state index contributed by atoms with van der Waals surface area (Å²) >= 11 is 12.6. The molecule has 0 radical (unpaired) electrons. The molecule has 4 rings (SSSR count). The Morgan fingerprint density at radius 1 is 1.12 bits per heavy atom. The van der Waals surface area contributed by atoms with Gasteiger partial charge in [0.1, 0.15) is 0 Å². The quantitative estimate of drug-likeness (QED) is 0.282. The van der Waals surface area contributed by atoms with Crippen LogP contribution < -0.4 is 10.0 Å². The molecule has 0 aromatic heterocycles. The van der Waals surface area contributed by atoms with Crippen LogP contribution in [0, 0.1) is 16.9 Å². The average molecular weight is 606 g/mol. The zero-order valence-electron chi connectivity index (χ0n) is 22.8. The van der Waals surface area contributed by atoms with Crippen molar-refractivity contribution < 1.29 is 18.0 Å². The number of rotatable bonds is 10. The summed E-state index contributed by atoms with van der Waals surface area (Å²) < 4.78 is 28.0. The fourth-order valence-corrected chi connectivity index (χ4v) is 7.40. The Bertz CT molecular complexity index is 1420.